The highest BCUT2D eigenvalue weighted by Gasteiger charge is 2.20. The highest BCUT2D eigenvalue weighted by molar-refractivity contribution is 6.02. The van der Waals surface area contributed by atoms with Gasteiger partial charge in [-0.1, -0.05) is 6.58 Å². The topological polar surface area (TPSA) is 110 Å². The van der Waals surface area contributed by atoms with Crippen molar-refractivity contribution < 1.29 is 14.3 Å². The van der Waals surface area contributed by atoms with E-state index in [-0.39, 0.29) is 5.91 Å². The van der Waals surface area contributed by atoms with Crippen molar-refractivity contribution in [3.8, 4) is 11.6 Å². The Hall–Kier alpha value is -3.96. The van der Waals surface area contributed by atoms with Gasteiger partial charge < -0.3 is 29.9 Å². The number of methoxy groups -OCH3 is 1. The number of carbonyl (C=O) groups excluding carboxylic acids is 1. The molecule has 0 atom stereocenters. The maximum atomic E-state index is 12.2. The van der Waals surface area contributed by atoms with Gasteiger partial charge in [-0.05, 0) is 33.2 Å². The van der Waals surface area contributed by atoms with Crippen molar-refractivity contribution in [1.82, 2.24) is 24.6 Å². The van der Waals surface area contributed by atoms with Crippen LogP contribution in [0.4, 0.5) is 23.0 Å². The highest BCUT2D eigenvalue weighted by Crippen LogP contribution is 2.38. The summed E-state index contributed by atoms with van der Waals surface area (Å²) in [7, 11) is 5.64. The van der Waals surface area contributed by atoms with Gasteiger partial charge in [-0.15, -0.1) is 0 Å². The van der Waals surface area contributed by atoms with Crippen molar-refractivity contribution in [2.75, 3.05) is 63.0 Å². The summed E-state index contributed by atoms with van der Waals surface area (Å²) < 4.78 is 12.9. The first-order valence-electron chi connectivity index (χ1n) is 11.7. The van der Waals surface area contributed by atoms with Gasteiger partial charge in [-0.3, -0.25) is 4.79 Å². The molecule has 1 aliphatic heterocycles. The Balaban J connectivity index is 1.66. The molecule has 3 aromatic rings. The van der Waals surface area contributed by atoms with E-state index in [1.807, 2.05) is 39.3 Å². The van der Waals surface area contributed by atoms with Crippen molar-refractivity contribution in [2.24, 2.45) is 0 Å². The molecule has 1 aromatic carbocycles. The van der Waals surface area contributed by atoms with Gasteiger partial charge in [0.1, 0.15) is 5.75 Å². The van der Waals surface area contributed by atoms with Crippen molar-refractivity contribution in [2.45, 2.75) is 13.5 Å². The van der Waals surface area contributed by atoms with Crippen LogP contribution in [-0.2, 0) is 16.1 Å². The molecule has 11 nitrogen and oxygen atoms in total. The Kier molecular flexibility index (Phi) is 7.81. The number of ether oxygens (including phenoxy) is 2. The monoisotopic (exact) mass is 492 g/mol. The number of rotatable bonds is 9. The van der Waals surface area contributed by atoms with Gasteiger partial charge in [-0.25, -0.2) is 9.67 Å². The molecule has 3 heterocycles. The number of benzene rings is 1. The first kappa shape index (κ1) is 25.1. The molecule has 1 fully saturated rings. The van der Waals surface area contributed by atoms with Crippen LogP contribution in [0.1, 0.15) is 11.3 Å². The Morgan fingerprint density at radius 1 is 1.28 bits per heavy atom. The lowest BCUT2D eigenvalue weighted by Gasteiger charge is -2.31. The number of hydrogen-bond donors (Lipinski definition) is 2. The van der Waals surface area contributed by atoms with E-state index in [0.29, 0.717) is 55.2 Å². The Labute approximate surface area is 210 Å². The molecule has 0 bridgehead atoms. The molecule has 1 amide bonds. The largest absolute Gasteiger partial charge is 0.494 e. The molecule has 11 heteroatoms. The van der Waals surface area contributed by atoms with Crippen LogP contribution >= 0.6 is 0 Å². The summed E-state index contributed by atoms with van der Waals surface area (Å²) in [4.78, 5) is 25.4. The molecule has 36 heavy (non-hydrogen) atoms. The average Bonchev–Trinajstić information content (AvgIpc) is 3.24. The van der Waals surface area contributed by atoms with Gasteiger partial charge in [0, 0.05) is 49.7 Å². The van der Waals surface area contributed by atoms with E-state index in [1.54, 1.807) is 24.1 Å². The van der Waals surface area contributed by atoms with Crippen LogP contribution < -0.4 is 20.3 Å². The second-order valence-electron chi connectivity index (χ2n) is 8.65. The van der Waals surface area contributed by atoms with Crippen LogP contribution in [0.5, 0.6) is 5.75 Å². The number of hydrogen-bond acceptors (Lipinski definition) is 9. The van der Waals surface area contributed by atoms with Gasteiger partial charge in [0.25, 0.3) is 0 Å². The maximum Gasteiger partial charge on any atom is 0.247 e. The van der Waals surface area contributed by atoms with Crippen LogP contribution in [0.2, 0.25) is 0 Å². The van der Waals surface area contributed by atoms with E-state index in [4.69, 9.17) is 9.47 Å². The summed E-state index contributed by atoms with van der Waals surface area (Å²) in [6.45, 7) is 8.97. The summed E-state index contributed by atoms with van der Waals surface area (Å²) in [6, 6.07) is 5.50. The van der Waals surface area contributed by atoms with Crippen LogP contribution in [-0.4, -0.2) is 78.1 Å². The van der Waals surface area contributed by atoms with E-state index in [0.717, 1.165) is 23.5 Å². The molecule has 2 aromatic heterocycles. The first-order valence-corrected chi connectivity index (χ1v) is 11.7. The van der Waals surface area contributed by atoms with E-state index in [9.17, 15) is 4.79 Å². The second kappa shape index (κ2) is 11.2. The zero-order chi connectivity index (χ0) is 25.7. The molecule has 1 saturated heterocycles. The normalized spacial score (nSPS) is 13.5. The molecule has 4 rings (SSSR count). The number of amides is 1. The number of anilines is 4. The third kappa shape index (κ3) is 5.81. The summed E-state index contributed by atoms with van der Waals surface area (Å²) in [5.41, 5.74) is 4.13. The van der Waals surface area contributed by atoms with E-state index >= 15 is 0 Å². The van der Waals surface area contributed by atoms with E-state index in [1.165, 1.54) is 6.08 Å². The first-order chi connectivity index (χ1) is 17.4. The SMILES string of the molecule is C=CC(=O)Nc1cc(Nc2nccc(-n3cc(CN(C)C)c(C)n3)n2)c(OC)cc1N1CCOCC1. The van der Waals surface area contributed by atoms with Gasteiger partial charge in [0.2, 0.25) is 11.9 Å². The van der Waals surface area contributed by atoms with Crippen LogP contribution in [0, 0.1) is 6.92 Å². The van der Waals surface area contributed by atoms with Gasteiger partial charge >= 0.3 is 0 Å². The minimum atomic E-state index is -0.304. The summed E-state index contributed by atoms with van der Waals surface area (Å²) >= 11 is 0. The number of aromatic nitrogens is 4. The molecule has 190 valence electrons. The number of carbonyl (C=O) groups is 1. The number of morpholine rings is 1. The fourth-order valence-electron chi connectivity index (χ4n) is 3.95. The summed E-state index contributed by atoms with van der Waals surface area (Å²) in [6.07, 6.45) is 4.88. The van der Waals surface area contributed by atoms with Crippen molar-refractivity contribution >= 4 is 28.9 Å². The molecule has 0 aliphatic carbocycles. The smallest absolute Gasteiger partial charge is 0.247 e. The molecule has 0 saturated carbocycles. The number of nitrogens with zero attached hydrogens (tertiary/aromatic N) is 6. The molecular weight excluding hydrogens is 460 g/mol. The molecule has 0 spiro atoms. The predicted molar refractivity (Wildman–Crippen MR) is 139 cm³/mol. The third-order valence-corrected chi connectivity index (χ3v) is 5.72. The lowest BCUT2D eigenvalue weighted by atomic mass is 10.1. The van der Waals surface area contributed by atoms with Crippen molar-refractivity contribution in [1.29, 1.82) is 0 Å². The fourth-order valence-corrected chi connectivity index (χ4v) is 3.95. The van der Waals surface area contributed by atoms with Gasteiger partial charge in [0.15, 0.2) is 5.82 Å². The Morgan fingerprint density at radius 3 is 2.75 bits per heavy atom. The minimum Gasteiger partial charge on any atom is -0.494 e. The minimum absolute atomic E-state index is 0.304. The van der Waals surface area contributed by atoms with Gasteiger partial charge in [0.05, 0.1) is 43.1 Å². The van der Waals surface area contributed by atoms with Crippen LogP contribution in [0.25, 0.3) is 5.82 Å². The zero-order valence-corrected chi connectivity index (χ0v) is 21.1. The van der Waals surface area contributed by atoms with Crippen LogP contribution in [0.15, 0.2) is 43.2 Å². The maximum absolute atomic E-state index is 12.2. The standard InChI is InChI=1S/C25H32N8O3/c1-6-24(34)27-19-13-20(22(35-5)14-21(19)32-9-11-36-12-10-32)28-25-26-8-7-23(29-25)33-16-18(15-31(3)4)17(2)30-33/h6-8,13-14,16H,1,9-12,15H2,2-5H3,(H,27,34)(H,26,28,29). The number of aryl methyl sites for hydroxylation is 1. The van der Waals surface area contributed by atoms with Crippen molar-refractivity contribution in [3.05, 3.63) is 54.5 Å². The summed E-state index contributed by atoms with van der Waals surface area (Å²) in [5.74, 6) is 1.28. The van der Waals surface area contributed by atoms with Gasteiger partial charge in [-0.2, -0.15) is 10.1 Å². The average molecular weight is 493 g/mol. The van der Waals surface area contributed by atoms with E-state index < -0.39 is 0 Å². The quantitative estimate of drug-likeness (QED) is 0.436. The lowest BCUT2D eigenvalue weighted by Crippen LogP contribution is -2.36. The van der Waals surface area contributed by atoms with Crippen molar-refractivity contribution in [3.63, 3.8) is 0 Å². The molecule has 0 unspecified atom stereocenters. The third-order valence-electron chi connectivity index (χ3n) is 5.72. The Morgan fingerprint density at radius 2 is 2.06 bits per heavy atom. The molecular formula is C25H32N8O3. The summed E-state index contributed by atoms with van der Waals surface area (Å²) in [5, 5.41) is 10.7. The molecule has 2 N–H and O–H groups in total. The van der Waals surface area contributed by atoms with Crippen LogP contribution in [0.3, 0.4) is 0 Å². The Bertz CT molecular complexity index is 1230. The van der Waals surface area contributed by atoms with E-state index in [2.05, 4.69) is 42.1 Å². The molecule has 1 aliphatic rings. The number of nitrogens with one attached hydrogen (secondary N) is 2. The lowest BCUT2D eigenvalue weighted by molar-refractivity contribution is -0.111. The second-order valence-corrected chi connectivity index (χ2v) is 8.65. The zero-order valence-electron chi connectivity index (χ0n) is 21.1. The highest BCUT2D eigenvalue weighted by atomic mass is 16.5. The fraction of sp³-hybridized carbons (Fsp3) is 0.360. The predicted octanol–water partition coefficient (Wildman–Crippen LogP) is 2.75. The molecule has 0 radical (unpaired) electrons.